The van der Waals surface area contributed by atoms with Crippen LogP contribution < -0.4 is 5.32 Å². The van der Waals surface area contributed by atoms with Crippen LogP contribution in [0.15, 0.2) is 77.8 Å². The van der Waals surface area contributed by atoms with E-state index in [2.05, 4.69) is 98.9 Å². The number of benzene rings is 3. The van der Waals surface area contributed by atoms with Crippen molar-refractivity contribution in [2.24, 2.45) is 10.9 Å². The summed E-state index contributed by atoms with van der Waals surface area (Å²) >= 11 is 0. The van der Waals surface area contributed by atoms with Gasteiger partial charge in [-0.1, -0.05) is 74.0 Å². The highest BCUT2D eigenvalue weighted by Crippen LogP contribution is 2.30. The van der Waals surface area contributed by atoms with Crippen molar-refractivity contribution in [2.75, 3.05) is 5.32 Å². The molecule has 0 amide bonds. The van der Waals surface area contributed by atoms with Crippen molar-refractivity contribution in [1.82, 2.24) is 0 Å². The predicted molar refractivity (Wildman–Crippen MR) is 115 cm³/mol. The van der Waals surface area contributed by atoms with E-state index < -0.39 is 0 Å². The SMILES string of the molecule is Cc1ccc(NC(c2ccc(C3=Nc4ccccc4C3)cc2)C(C)C)cc1. The lowest BCUT2D eigenvalue weighted by Crippen LogP contribution is -2.17. The van der Waals surface area contributed by atoms with E-state index in [1.54, 1.807) is 0 Å². The number of nitrogens with zero attached hydrogens (tertiary/aromatic N) is 1. The van der Waals surface area contributed by atoms with Crippen LogP contribution in [-0.2, 0) is 6.42 Å². The zero-order valence-corrected chi connectivity index (χ0v) is 16.2. The van der Waals surface area contributed by atoms with Crippen LogP contribution in [0.1, 0.15) is 42.1 Å². The number of anilines is 1. The summed E-state index contributed by atoms with van der Waals surface area (Å²) < 4.78 is 0. The molecule has 2 heteroatoms. The highest BCUT2D eigenvalue weighted by Gasteiger charge is 2.18. The van der Waals surface area contributed by atoms with Gasteiger partial charge in [0.15, 0.2) is 0 Å². The molecule has 3 aromatic carbocycles. The Bertz CT molecular complexity index is 950. The Labute approximate surface area is 162 Å². The van der Waals surface area contributed by atoms with Crippen molar-refractivity contribution >= 4 is 17.1 Å². The number of nitrogens with one attached hydrogen (secondary N) is 1. The van der Waals surface area contributed by atoms with Crippen molar-refractivity contribution in [3.05, 3.63) is 95.1 Å². The fourth-order valence-corrected chi connectivity index (χ4v) is 3.65. The smallest absolute Gasteiger partial charge is 0.0669 e. The van der Waals surface area contributed by atoms with Gasteiger partial charge >= 0.3 is 0 Å². The van der Waals surface area contributed by atoms with Gasteiger partial charge in [-0.3, -0.25) is 4.99 Å². The van der Waals surface area contributed by atoms with Crippen LogP contribution in [-0.4, -0.2) is 5.71 Å². The molecule has 1 heterocycles. The second kappa shape index (κ2) is 7.40. The first-order chi connectivity index (χ1) is 13.1. The molecule has 0 fully saturated rings. The van der Waals surface area contributed by atoms with Gasteiger partial charge in [0, 0.05) is 12.1 Å². The summed E-state index contributed by atoms with van der Waals surface area (Å²) in [7, 11) is 0. The second-order valence-electron chi connectivity index (χ2n) is 7.72. The molecule has 2 nitrogen and oxygen atoms in total. The van der Waals surface area contributed by atoms with Crippen molar-refractivity contribution in [3.63, 3.8) is 0 Å². The molecule has 4 rings (SSSR count). The average molecular weight is 354 g/mol. The molecule has 1 N–H and O–H groups in total. The van der Waals surface area contributed by atoms with E-state index in [4.69, 9.17) is 4.99 Å². The molecule has 0 bridgehead atoms. The van der Waals surface area contributed by atoms with Crippen molar-refractivity contribution < 1.29 is 0 Å². The van der Waals surface area contributed by atoms with Gasteiger partial charge in [-0.15, -0.1) is 0 Å². The number of fused-ring (bicyclic) bond motifs is 1. The first-order valence-electron chi connectivity index (χ1n) is 9.69. The monoisotopic (exact) mass is 354 g/mol. The molecule has 0 aromatic heterocycles. The van der Waals surface area contributed by atoms with Gasteiger partial charge in [0.05, 0.1) is 17.4 Å². The zero-order valence-electron chi connectivity index (χ0n) is 16.2. The summed E-state index contributed by atoms with van der Waals surface area (Å²) in [6.07, 6.45) is 0.921. The summed E-state index contributed by atoms with van der Waals surface area (Å²) in [5, 5.41) is 3.69. The third kappa shape index (κ3) is 3.80. The molecule has 0 aliphatic carbocycles. The third-order valence-corrected chi connectivity index (χ3v) is 5.25. The highest BCUT2D eigenvalue weighted by molar-refractivity contribution is 6.06. The molecule has 1 atom stereocenters. The number of aryl methyl sites for hydroxylation is 1. The van der Waals surface area contributed by atoms with Crippen molar-refractivity contribution in [2.45, 2.75) is 33.2 Å². The number of aliphatic imine (C=N–C) groups is 1. The fraction of sp³-hybridized carbons (Fsp3) is 0.240. The average Bonchev–Trinajstić information content (AvgIpc) is 3.12. The van der Waals surface area contributed by atoms with E-state index in [-0.39, 0.29) is 6.04 Å². The molecule has 27 heavy (non-hydrogen) atoms. The lowest BCUT2D eigenvalue weighted by molar-refractivity contribution is 0.546. The maximum absolute atomic E-state index is 4.81. The van der Waals surface area contributed by atoms with E-state index in [1.165, 1.54) is 27.9 Å². The number of rotatable bonds is 5. The minimum absolute atomic E-state index is 0.282. The Morgan fingerprint density at radius 1 is 0.852 bits per heavy atom. The molecule has 0 radical (unpaired) electrons. The van der Waals surface area contributed by atoms with Crippen LogP contribution in [0.25, 0.3) is 0 Å². The van der Waals surface area contributed by atoms with Gasteiger partial charge in [0.25, 0.3) is 0 Å². The van der Waals surface area contributed by atoms with Crippen LogP contribution in [0.4, 0.5) is 11.4 Å². The van der Waals surface area contributed by atoms with E-state index in [0.717, 1.165) is 17.8 Å². The molecule has 3 aromatic rings. The predicted octanol–water partition coefficient (Wildman–Crippen LogP) is 6.48. The number of hydrogen-bond donors (Lipinski definition) is 1. The molecule has 1 aliphatic rings. The maximum Gasteiger partial charge on any atom is 0.0669 e. The van der Waals surface area contributed by atoms with Gasteiger partial charge in [-0.05, 0) is 47.7 Å². The quantitative estimate of drug-likeness (QED) is 0.557. The number of para-hydroxylation sites is 1. The van der Waals surface area contributed by atoms with Crippen molar-refractivity contribution in [3.8, 4) is 0 Å². The van der Waals surface area contributed by atoms with Crippen molar-refractivity contribution in [1.29, 1.82) is 0 Å². The van der Waals surface area contributed by atoms with Crippen LogP contribution in [0.2, 0.25) is 0 Å². The second-order valence-corrected chi connectivity index (χ2v) is 7.72. The van der Waals surface area contributed by atoms with Gasteiger partial charge < -0.3 is 5.32 Å². The molecular weight excluding hydrogens is 328 g/mol. The standard InChI is InChI=1S/C25H26N2/c1-17(2)25(26-22-14-8-18(3)9-15-22)20-12-10-19(11-13-20)24-16-21-6-4-5-7-23(21)27-24/h4-15,17,25-26H,16H2,1-3H3. The van der Waals surface area contributed by atoms with Gasteiger partial charge in [0.1, 0.15) is 0 Å². The molecular formula is C25H26N2. The molecule has 1 unspecified atom stereocenters. The fourth-order valence-electron chi connectivity index (χ4n) is 3.65. The Morgan fingerprint density at radius 2 is 1.56 bits per heavy atom. The van der Waals surface area contributed by atoms with E-state index in [9.17, 15) is 0 Å². The molecule has 0 saturated carbocycles. The molecule has 0 saturated heterocycles. The lowest BCUT2D eigenvalue weighted by Gasteiger charge is -2.24. The van der Waals surface area contributed by atoms with E-state index in [1.807, 2.05) is 0 Å². The summed E-state index contributed by atoms with van der Waals surface area (Å²) in [6.45, 7) is 6.64. The Balaban J connectivity index is 1.54. The van der Waals surface area contributed by atoms with Gasteiger partial charge in [-0.25, -0.2) is 0 Å². The summed E-state index contributed by atoms with van der Waals surface area (Å²) in [4.78, 5) is 4.81. The highest BCUT2D eigenvalue weighted by atomic mass is 14.9. The summed E-state index contributed by atoms with van der Waals surface area (Å²) in [5.41, 5.74) is 8.56. The molecule has 0 spiro atoms. The first-order valence-corrected chi connectivity index (χ1v) is 9.69. The lowest BCUT2D eigenvalue weighted by atomic mass is 9.93. The Hall–Kier alpha value is -2.87. The van der Waals surface area contributed by atoms with Crippen LogP contribution in [0.5, 0.6) is 0 Å². The first kappa shape index (κ1) is 17.5. The van der Waals surface area contributed by atoms with Crippen LogP contribution in [0.3, 0.4) is 0 Å². The minimum atomic E-state index is 0.282. The number of hydrogen-bond acceptors (Lipinski definition) is 2. The largest absolute Gasteiger partial charge is 0.378 e. The normalized spacial score (nSPS) is 14.0. The minimum Gasteiger partial charge on any atom is -0.378 e. The van der Waals surface area contributed by atoms with Gasteiger partial charge in [0.2, 0.25) is 0 Å². The topological polar surface area (TPSA) is 24.4 Å². The molecule has 136 valence electrons. The van der Waals surface area contributed by atoms with Gasteiger partial charge in [-0.2, -0.15) is 0 Å². The summed E-state index contributed by atoms with van der Waals surface area (Å²) in [6, 6.07) is 26.2. The van der Waals surface area contributed by atoms with E-state index >= 15 is 0 Å². The Morgan fingerprint density at radius 3 is 2.22 bits per heavy atom. The Kier molecular flexibility index (Phi) is 4.81. The summed E-state index contributed by atoms with van der Waals surface area (Å²) in [5.74, 6) is 0.491. The third-order valence-electron chi connectivity index (χ3n) is 5.25. The maximum atomic E-state index is 4.81. The van der Waals surface area contributed by atoms with E-state index in [0.29, 0.717) is 5.92 Å². The van der Waals surface area contributed by atoms with Crippen LogP contribution >= 0.6 is 0 Å². The molecule has 1 aliphatic heterocycles. The van der Waals surface area contributed by atoms with Crippen LogP contribution in [0, 0.1) is 12.8 Å². The zero-order chi connectivity index (χ0) is 18.8.